The van der Waals surface area contributed by atoms with Crippen LogP contribution in [0.2, 0.25) is 0 Å². The Labute approximate surface area is 132 Å². The van der Waals surface area contributed by atoms with Gasteiger partial charge in [-0.25, -0.2) is 4.39 Å². The van der Waals surface area contributed by atoms with E-state index in [2.05, 4.69) is 15.6 Å². The average Bonchev–Trinajstić information content (AvgIpc) is 2.55. The predicted molar refractivity (Wildman–Crippen MR) is 82.4 cm³/mol. The Morgan fingerprint density at radius 1 is 1.13 bits per heavy atom. The molecule has 23 heavy (non-hydrogen) atoms. The number of amides is 2. The van der Waals surface area contributed by atoms with Gasteiger partial charge >= 0.3 is 0 Å². The van der Waals surface area contributed by atoms with Crippen molar-refractivity contribution in [2.45, 2.75) is 6.42 Å². The fraction of sp³-hybridized carbons (Fsp3) is 0.188. The van der Waals surface area contributed by atoms with Gasteiger partial charge < -0.3 is 15.4 Å². The van der Waals surface area contributed by atoms with Crippen molar-refractivity contribution in [1.29, 1.82) is 0 Å². The summed E-state index contributed by atoms with van der Waals surface area (Å²) in [6, 6.07) is 9.24. The maximum absolute atomic E-state index is 13.3. The molecule has 0 fully saturated rings. The third kappa shape index (κ3) is 5.74. The molecule has 0 bridgehead atoms. The fourth-order valence-corrected chi connectivity index (χ4v) is 1.73. The standard InChI is InChI=1S/C16H16FN3O3/c17-13-5-1-2-6-14(13)23-11-16(22)19-9-7-15(21)20-12-4-3-8-18-10-12/h1-6,8,10H,7,9,11H2,(H,19,22)(H,20,21). The Morgan fingerprint density at radius 2 is 1.96 bits per heavy atom. The maximum Gasteiger partial charge on any atom is 0.257 e. The summed E-state index contributed by atoms with van der Waals surface area (Å²) in [5.74, 6) is -1.19. The number of rotatable bonds is 7. The van der Waals surface area contributed by atoms with Gasteiger partial charge in [0.25, 0.3) is 5.91 Å². The zero-order valence-corrected chi connectivity index (χ0v) is 12.3. The normalized spacial score (nSPS) is 9.96. The first-order valence-electron chi connectivity index (χ1n) is 6.99. The van der Waals surface area contributed by atoms with E-state index in [0.29, 0.717) is 5.69 Å². The summed E-state index contributed by atoms with van der Waals surface area (Å²) in [5.41, 5.74) is 0.590. The maximum atomic E-state index is 13.3. The molecular weight excluding hydrogens is 301 g/mol. The van der Waals surface area contributed by atoms with Crippen LogP contribution in [0.15, 0.2) is 48.8 Å². The summed E-state index contributed by atoms with van der Waals surface area (Å²) >= 11 is 0. The number of aromatic nitrogens is 1. The topological polar surface area (TPSA) is 80.3 Å². The SMILES string of the molecule is O=C(COc1ccccc1F)NCCC(=O)Nc1cccnc1. The van der Waals surface area contributed by atoms with Gasteiger partial charge in [-0.05, 0) is 24.3 Å². The number of pyridine rings is 1. The highest BCUT2D eigenvalue weighted by molar-refractivity contribution is 5.91. The third-order valence-corrected chi connectivity index (χ3v) is 2.81. The molecule has 0 spiro atoms. The van der Waals surface area contributed by atoms with Gasteiger partial charge in [-0.15, -0.1) is 0 Å². The molecule has 1 aromatic carbocycles. The van der Waals surface area contributed by atoms with Crippen molar-refractivity contribution in [3.8, 4) is 5.75 Å². The van der Waals surface area contributed by atoms with Crippen LogP contribution in [0.25, 0.3) is 0 Å². The number of para-hydroxylation sites is 1. The zero-order chi connectivity index (χ0) is 16.5. The minimum Gasteiger partial charge on any atom is -0.481 e. The highest BCUT2D eigenvalue weighted by Crippen LogP contribution is 2.14. The first-order valence-corrected chi connectivity index (χ1v) is 6.99. The Bertz CT molecular complexity index is 665. The molecular formula is C16H16FN3O3. The first kappa shape index (κ1) is 16.4. The molecule has 7 heteroatoms. The van der Waals surface area contributed by atoms with Gasteiger partial charge in [0.2, 0.25) is 5.91 Å². The monoisotopic (exact) mass is 317 g/mol. The molecule has 1 heterocycles. The molecule has 2 N–H and O–H groups in total. The van der Waals surface area contributed by atoms with Gasteiger partial charge in [0, 0.05) is 19.2 Å². The van der Waals surface area contributed by atoms with Gasteiger partial charge in [-0.1, -0.05) is 12.1 Å². The summed E-state index contributed by atoms with van der Waals surface area (Å²) in [6.45, 7) is -0.156. The molecule has 0 atom stereocenters. The quantitative estimate of drug-likeness (QED) is 0.815. The highest BCUT2D eigenvalue weighted by atomic mass is 19.1. The van der Waals surface area contributed by atoms with E-state index in [1.807, 2.05) is 0 Å². The molecule has 0 saturated heterocycles. The molecule has 0 aliphatic heterocycles. The van der Waals surface area contributed by atoms with Gasteiger partial charge in [0.15, 0.2) is 18.2 Å². The highest BCUT2D eigenvalue weighted by Gasteiger charge is 2.07. The molecule has 0 saturated carbocycles. The molecule has 0 unspecified atom stereocenters. The van der Waals surface area contributed by atoms with E-state index in [9.17, 15) is 14.0 Å². The molecule has 120 valence electrons. The molecule has 0 radical (unpaired) electrons. The van der Waals surface area contributed by atoms with E-state index in [0.717, 1.165) is 0 Å². The van der Waals surface area contributed by atoms with Crippen LogP contribution < -0.4 is 15.4 Å². The van der Waals surface area contributed by atoms with Crippen LogP contribution in [0, 0.1) is 5.82 Å². The lowest BCUT2D eigenvalue weighted by molar-refractivity contribution is -0.123. The molecule has 0 aliphatic carbocycles. The number of carbonyl (C=O) groups is 2. The second kappa shape index (κ2) is 8.47. The van der Waals surface area contributed by atoms with Crippen LogP contribution in [0.3, 0.4) is 0 Å². The molecule has 2 amide bonds. The van der Waals surface area contributed by atoms with Crippen LogP contribution in [-0.2, 0) is 9.59 Å². The largest absolute Gasteiger partial charge is 0.481 e. The predicted octanol–water partition coefficient (Wildman–Crippen LogP) is 1.74. The Hall–Kier alpha value is -2.96. The zero-order valence-electron chi connectivity index (χ0n) is 12.3. The number of hydrogen-bond donors (Lipinski definition) is 2. The lowest BCUT2D eigenvalue weighted by atomic mass is 10.3. The van der Waals surface area contributed by atoms with E-state index in [1.54, 1.807) is 24.4 Å². The lowest BCUT2D eigenvalue weighted by Gasteiger charge is -2.08. The van der Waals surface area contributed by atoms with Crippen LogP contribution >= 0.6 is 0 Å². The number of benzene rings is 1. The summed E-state index contributed by atoms with van der Waals surface area (Å²) in [4.78, 5) is 27.1. The van der Waals surface area contributed by atoms with Gasteiger partial charge in [-0.2, -0.15) is 0 Å². The Balaban J connectivity index is 1.65. The van der Waals surface area contributed by atoms with Crippen molar-refractivity contribution in [2.24, 2.45) is 0 Å². The Kier molecular flexibility index (Phi) is 6.05. The van der Waals surface area contributed by atoms with Crippen molar-refractivity contribution in [3.05, 3.63) is 54.6 Å². The van der Waals surface area contributed by atoms with E-state index in [-0.39, 0.29) is 31.2 Å². The van der Waals surface area contributed by atoms with E-state index in [1.165, 1.54) is 24.4 Å². The molecule has 6 nitrogen and oxygen atoms in total. The summed E-state index contributed by atoms with van der Waals surface area (Å²) < 4.78 is 18.3. The number of hydrogen-bond acceptors (Lipinski definition) is 4. The van der Waals surface area contributed by atoms with Gasteiger partial charge in [0.05, 0.1) is 11.9 Å². The van der Waals surface area contributed by atoms with Crippen molar-refractivity contribution in [2.75, 3.05) is 18.5 Å². The number of nitrogens with zero attached hydrogens (tertiary/aromatic N) is 1. The second-order valence-electron chi connectivity index (χ2n) is 4.61. The minimum absolute atomic E-state index is 0.0111. The van der Waals surface area contributed by atoms with Crippen molar-refractivity contribution in [1.82, 2.24) is 10.3 Å². The van der Waals surface area contributed by atoms with Crippen molar-refractivity contribution in [3.63, 3.8) is 0 Å². The van der Waals surface area contributed by atoms with E-state index < -0.39 is 11.7 Å². The van der Waals surface area contributed by atoms with E-state index in [4.69, 9.17) is 4.74 Å². The molecule has 0 aliphatic rings. The van der Waals surface area contributed by atoms with Crippen LogP contribution in [0.4, 0.5) is 10.1 Å². The Morgan fingerprint density at radius 3 is 2.70 bits per heavy atom. The number of ether oxygens (including phenoxy) is 1. The molecule has 2 aromatic rings. The summed E-state index contributed by atoms with van der Waals surface area (Å²) in [7, 11) is 0. The molecule has 2 rings (SSSR count). The van der Waals surface area contributed by atoms with Crippen LogP contribution in [0.5, 0.6) is 5.75 Å². The van der Waals surface area contributed by atoms with Crippen molar-refractivity contribution >= 4 is 17.5 Å². The number of carbonyl (C=O) groups excluding carboxylic acids is 2. The molecule has 1 aromatic heterocycles. The smallest absolute Gasteiger partial charge is 0.257 e. The fourth-order valence-electron chi connectivity index (χ4n) is 1.73. The minimum atomic E-state index is -0.531. The number of nitrogens with one attached hydrogen (secondary N) is 2. The third-order valence-electron chi connectivity index (χ3n) is 2.81. The average molecular weight is 317 g/mol. The number of halogens is 1. The van der Waals surface area contributed by atoms with Gasteiger partial charge in [0.1, 0.15) is 0 Å². The van der Waals surface area contributed by atoms with Crippen LogP contribution in [-0.4, -0.2) is 29.9 Å². The summed E-state index contributed by atoms with van der Waals surface area (Å²) in [6.07, 6.45) is 3.24. The van der Waals surface area contributed by atoms with Crippen LogP contribution in [0.1, 0.15) is 6.42 Å². The second-order valence-corrected chi connectivity index (χ2v) is 4.61. The van der Waals surface area contributed by atoms with Crippen molar-refractivity contribution < 1.29 is 18.7 Å². The number of anilines is 1. The summed E-state index contributed by atoms with van der Waals surface area (Å²) in [5, 5.41) is 5.17. The lowest BCUT2D eigenvalue weighted by Crippen LogP contribution is -2.31. The van der Waals surface area contributed by atoms with E-state index >= 15 is 0 Å². The first-order chi connectivity index (χ1) is 11.1. The van der Waals surface area contributed by atoms with Gasteiger partial charge in [-0.3, -0.25) is 14.6 Å².